The smallest absolute Gasteiger partial charge is 0.287 e. The number of aromatic nitrogens is 1. The Morgan fingerprint density at radius 2 is 1.93 bits per heavy atom. The first-order chi connectivity index (χ1) is 13.4. The fraction of sp³-hybridized carbons (Fsp3) is 0.450. The van der Waals surface area contributed by atoms with Gasteiger partial charge >= 0.3 is 0 Å². The Kier molecular flexibility index (Phi) is 6.72. The van der Waals surface area contributed by atoms with Crippen molar-refractivity contribution in [2.75, 3.05) is 31.1 Å². The summed E-state index contributed by atoms with van der Waals surface area (Å²) in [6.45, 7) is 6.72. The molecule has 0 aromatic carbocycles. The Labute approximate surface area is 173 Å². The molecule has 150 valence electrons. The van der Waals surface area contributed by atoms with E-state index in [0.29, 0.717) is 24.2 Å². The monoisotopic (exact) mass is 448 g/mol. The molecule has 3 heterocycles. The van der Waals surface area contributed by atoms with Crippen LogP contribution in [-0.2, 0) is 4.79 Å². The van der Waals surface area contributed by atoms with Crippen LogP contribution in [0.5, 0.6) is 0 Å². The van der Waals surface area contributed by atoms with Gasteiger partial charge in [-0.25, -0.2) is 4.98 Å². The van der Waals surface area contributed by atoms with Crippen molar-refractivity contribution in [1.82, 2.24) is 15.2 Å². The van der Waals surface area contributed by atoms with Gasteiger partial charge in [-0.3, -0.25) is 9.59 Å². The molecule has 3 rings (SSSR count). The molecule has 1 saturated heterocycles. The van der Waals surface area contributed by atoms with E-state index >= 15 is 0 Å². The maximum absolute atomic E-state index is 13.1. The highest BCUT2D eigenvalue weighted by Gasteiger charge is 2.30. The van der Waals surface area contributed by atoms with E-state index in [9.17, 15) is 9.59 Å². The van der Waals surface area contributed by atoms with Crippen molar-refractivity contribution in [2.45, 2.75) is 26.3 Å². The number of halogens is 1. The summed E-state index contributed by atoms with van der Waals surface area (Å²) in [6, 6.07) is 8.49. The molecule has 1 aliphatic rings. The van der Waals surface area contributed by atoms with E-state index in [2.05, 4.69) is 31.1 Å². The fourth-order valence-corrected chi connectivity index (χ4v) is 3.58. The SMILES string of the molecule is CC(C)C[C@@H](NC(=O)c1ccc(Br)o1)C(=O)N1CCN(c2ccccn2)CC1. The van der Waals surface area contributed by atoms with Crippen LogP contribution in [0.25, 0.3) is 0 Å². The first-order valence-electron chi connectivity index (χ1n) is 9.45. The van der Waals surface area contributed by atoms with Gasteiger partial charge in [-0.2, -0.15) is 0 Å². The summed E-state index contributed by atoms with van der Waals surface area (Å²) in [4.78, 5) is 33.9. The lowest BCUT2D eigenvalue weighted by Gasteiger charge is -2.37. The number of carbonyl (C=O) groups excluding carboxylic acids is 2. The summed E-state index contributed by atoms with van der Waals surface area (Å²) >= 11 is 3.19. The highest BCUT2D eigenvalue weighted by atomic mass is 79.9. The summed E-state index contributed by atoms with van der Waals surface area (Å²) in [7, 11) is 0. The Balaban J connectivity index is 1.62. The maximum atomic E-state index is 13.1. The van der Waals surface area contributed by atoms with E-state index in [4.69, 9.17) is 4.42 Å². The predicted molar refractivity (Wildman–Crippen MR) is 110 cm³/mol. The molecule has 2 amide bonds. The third kappa shape index (κ3) is 5.13. The van der Waals surface area contributed by atoms with Gasteiger partial charge in [0.05, 0.1) is 0 Å². The zero-order chi connectivity index (χ0) is 20.1. The van der Waals surface area contributed by atoms with Crippen LogP contribution in [0.15, 0.2) is 45.6 Å². The fourth-order valence-electron chi connectivity index (χ4n) is 3.28. The molecule has 0 saturated carbocycles. The van der Waals surface area contributed by atoms with Crippen LogP contribution >= 0.6 is 15.9 Å². The Hall–Kier alpha value is -2.35. The van der Waals surface area contributed by atoms with E-state index in [1.165, 1.54) is 0 Å². The third-order valence-electron chi connectivity index (χ3n) is 4.67. The number of anilines is 1. The third-order valence-corrected chi connectivity index (χ3v) is 5.10. The zero-order valence-corrected chi connectivity index (χ0v) is 17.7. The van der Waals surface area contributed by atoms with Crippen LogP contribution in [0.4, 0.5) is 5.82 Å². The van der Waals surface area contributed by atoms with Crippen LogP contribution in [0.3, 0.4) is 0 Å². The second-order valence-corrected chi connectivity index (χ2v) is 8.04. The number of carbonyl (C=O) groups is 2. The first-order valence-corrected chi connectivity index (χ1v) is 10.2. The van der Waals surface area contributed by atoms with E-state index < -0.39 is 6.04 Å². The van der Waals surface area contributed by atoms with Gasteiger partial charge < -0.3 is 19.5 Å². The molecule has 1 aliphatic heterocycles. The molecule has 2 aromatic rings. The topological polar surface area (TPSA) is 78.7 Å². The van der Waals surface area contributed by atoms with E-state index in [-0.39, 0.29) is 23.5 Å². The average molecular weight is 449 g/mol. The largest absolute Gasteiger partial charge is 0.444 e. The molecule has 1 atom stereocenters. The molecule has 1 fully saturated rings. The van der Waals surface area contributed by atoms with Gasteiger partial charge in [0.2, 0.25) is 5.91 Å². The van der Waals surface area contributed by atoms with Gasteiger partial charge in [-0.05, 0) is 52.5 Å². The predicted octanol–water partition coefficient (Wildman–Crippen LogP) is 2.93. The first kappa shape index (κ1) is 20.4. The number of pyridine rings is 1. The molecule has 2 aromatic heterocycles. The maximum Gasteiger partial charge on any atom is 0.287 e. The highest BCUT2D eigenvalue weighted by molar-refractivity contribution is 9.10. The van der Waals surface area contributed by atoms with E-state index in [0.717, 1.165) is 18.9 Å². The number of hydrogen-bond acceptors (Lipinski definition) is 5. The standard InChI is InChI=1S/C20H25BrN4O3/c1-14(2)13-15(23-19(26)16-6-7-17(21)28-16)20(27)25-11-9-24(10-12-25)18-5-3-4-8-22-18/h3-8,14-15H,9-13H2,1-2H3,(H,23,26)/t15-/m1/s1. The van der Waals surface area contributed by atoms with Crippen LogP contribution in [0.1, 0.15) is 30.8 Å². The number of hydrogen-bond donors (Lipinski definition) is 1. The Morgan fingerprint density at radius 3 is 2.50 bits per heavy atom. The summed E-state index contributed by atoms with van der Waals surface area (Å²) in [5.41, 5.74) is 0. The molecule has 0 unspecified atom stereocenters. The molecular weight excluding hydrogens is 424 g/mol. The zero-order valence-electron chi connectivity index (χ0n) is 16.1. The van der Waals surface area contributed by atoms with Crippen molar-refractivity contribution in [3.8, 4) is 0 Å². The number of nitrogens with one attached hydrogen (secondary N) is 1. The van der Waals surface area contributed by atoms with Crippen molar-refractivity contribution >= 4 is 33.6 Å². The van der Waals surface area contributed by atoms with Crippen molar-refractivity contribution in [3.05, 3.63) is 47.0 Å². The second kappa shape index (κ2) is 9.23. The van der Waals surface area contributed by atoms with Gasteiger partial charge in [-0.15, -0.1) is 0 Å². The minimum Gasteiger partial charge on any atom is -0.444 e. The summed E-state index contributed by atoms with van der Waals surface area (Å²) in [6.07, 6.45) is 2.35. The summed E-state index contributed by atoms with van der Waals surface area (Å²) < 4.78 is 5.79. The number of nitrogens with zero attached hydrogens (tertiary/aromatic N) is 3. The van der Waals surface area contributed by atoms with Crippen molar-refractivity contribution < 1.29 is 14.0 Å². The molecule has 28 heavy (non-hydrogen) atoms. The lowest BCUT2D eigenvalue weighted by molar-refractivity contribution is -0.134. The number of furan rings is 1. The molecule has 1 N–H and O–H groups in total. The Bertz CT molecular complexity index is 801. The van der Waals surface area contributed by atoms with Crippen LogP contribution in [0, 0.1) is 5.92 Å². The molecule has 0 spiro atoms. The lowest BCUT2D eigenvalue weighted by atomic mass is 10.0. The normalized spacial score (nSPS) is 15.6. The number of rotatable bonds is 6. The number of amides is 2. The van der Waals surface area contributed by atoms with Crippen LogP contribution in [-0.4, -0.2) is 53.9 Å². The van der Waals surface area contributed by atoms with Crippen molar-refractivity contribution in [1.29, 1.82) is 0 Å². The second-order valence-electron chi connectivity index (χ2n) is 7.26. The Morgan fingerprint density at radius 1 is 1.18 bits per heavy atom. The average Bonchev–Trinajstić information content (AvgIpc) is 3.14. The minimum absolute atomic E-state index is 0.0478. The van der Waals surface area contributed by atoms with Gasteiger partial charge in [0.1, 0.15) is 11.9 Å². The van der Waals surface area contributed by atoms with Crippen LogP contribution in [0.2, 0.25) is 0 Å². The summed E-state index contributed by atoms with van der Waals surface area (Å²) in [5, 5.41) is 2.85. The van der Waals surface area contributed by atoms with Crippen molar-refractivity contribution in [3.63, 3.8) is 0 Å². The highest BCUT2D eigenvalue weighted by Crippen LogP contribution is 2.17. The van der Waals surface area contributed by atoms with Crippen LogP contribution < -0.4 is 10.2 Å². The van der Waals surface area contributed by atoms with E-state index in [1.54, 1.807) is 18.3 Å². The van der Waals surface area contributed by atoms with Gasteiger partial charge in [-0.1, -0.05) is 19.9 Å². The van der Waals surface area contributed by atoms with Gasteiger partial charge in [0, 0.05) is 32.4 Å². The van der Waals surface area contributed by atoms with Gasteiger partial charge in [0.25, 0.3) is 5.91 Å². The summed E-state index contributed by atoms with van der Waals surface area (Å²) in [5.74, 6) is 0.955. The molecule has 7 nitrogen and oxygen atoms in total. The molecule has 0 bridgehead atoms. The minimum atomic E-state index is -0.572. The van der Waals surface area contributed by atoms with Gasteiger partial charge in [0.15, 0.2) is 10.4 Å². The van der Waals surface area contributed by atoms with E-state index in [1.807, 2.05) is 36.9 Å². The quantitative estimate of drug-likeness (QED) is 0.734. The number of piperazine rings is 1. The lowest BCUT2D eigenvalue weighted by Crippen LogP contribution is -2.55. The molecule has 8 heteroatoms. The molecule has 0 radical (unpaired) electrons. The molecule has 0 aliphatic carbocycles. The van der Waals surface area contributed by atoms with Crippen molar-refractivity contribution in [2.24, 2.45) is 5.92 Å². The molecular formula is C20H25BrN4O3.